The van der Waals surface area contributed by atoms with Crippen molar-refractivity contribution in [2.75, 3.05) is 57.4 Å². The molecule has 1 aromatic rings. The van der Waals surface area contributed by atoms with Gasteiger partial charge in [-0.05, 0) is 31.7 Å². The normalized spacial score (nSPS) is 29.5. The summed E-state index contributed by atoms with van der Waals surface area (Å²) < 4.78 is 5.50. The number of likely N-dealkylation sites (tertiary alicyclic amines) is 1. The minimum absolute atomic E-state index is 0.0942. The Morgan fingerprint density at radius 3 is 2.44 bits per heavy atom. The molecular weight excluding hydrogens is 406 g/mol. The van der Waals surface area contributed by atoms with Gasteiger partial charge in [0.05, 0.1) is 18.6 Å². The van der Waals surface area contributed by atoms with Crippen molar-refractivity contribution >= 4 is 17.8 Å². The van der Waals surface area contributed by atoms with Crippen LogP contribution in [0.25, 0.3) is 0 Å². The molecule has 4 aliphatic rings. The molecule has 5 rings (SSSR count). The minimum Gasteiger partial charge on any atom is -0.378 e. The second-order valence-electron chi connectivity index (χ2n) is 9.91. The number of nitrogens with zero attached hydrogens (tertiary/aromatic N) is 5. The number of ether oxygens (including phenoxy) is 1. The van der Waals surface area contributed by atoms with E-state index in [9.17, 15) is 9.59 Å². The number of rotatable bonds is 3. The highest BCUT2D eigenvalue weighted by Crippen LogP contribution is 2.45. The molecule has 174 valence electrons. The Labute approximate surface area is 190 Å². The van der Waals surface area contributed by atoms with E-state index in [1.54, 1.807) is 12.4 Å². The van der Waals surface area contributed by atoms with Crippen LogP contribution >= 0.6 is 0 Å². The van der Waals surface area contributed by atoms with Crippen LogP contribution in [0.2, 0.25) is 0 Å². The van der Waals surface area contributed by atoms with Gasteiger partial charge < -0.3 is 19.4 Å². The molecule has 0 radical (unpaired) electrons. The molecule has 0 N–H and O–H groups in total. The van der Waals surface area contributed by atoms with Crippen LogP contribution in [-0.2, 0) is 14.3 Å². The number of amides is 2. The molecule has 2 amide bonds. The second kappa shape index (κ2) is 9.33. The fourth-order valence-electron chi connectivity index (χ4n) is 6.28. The van der Waals surface area contributed by atoms with Gasteiger partial charge in [0, 0.05) is 63.5 Å². The van der Waals surface area contributed by atoms with Crippen LogP contribution in [0, 0.1) is 17.3 Å². The van der Waals surface area contributed by atoms with Gasteiger partial charge in [0.1, 0.15) is 0 Å². The molecule has 3 saturated heterocycles. The standard InChI is InChI=1S/C24H35N5O3/c30-21(19-6-2-1-3-7-19)28-11-4-8-24(22(31)27-12-14-32-15-13-27)18-29(17-20(24)16-28)23-25-9-5-10-26-23/h5,9-10,19-20H,1-4,6-8,11-18H2/t20-,24-/m1/s1. The van der Waals surface area contributed by atoms with E-state index in [0.29, 0.717) is 57.8 Å². The fourth-order valence-corrected chi connectivity index (χ4v) is 6.28. The lowest BCUT2D eigenvalue weighted by atomic mass is 9.73. The van der Waals surface area contributed by atoms with Crippen molar-refractivity contribution in [3.63, 3.8) is 0 Å². The van der Waals surface area contributed by atoms with Gasteiger partial charge in [0.25, 0.3) is 0 Å². The smallest absolute Gasteiger partial charge is 0.231 e. The van der Waals surface area contributed by atoms with Crippen LogP contribution < -0.4 is 4.90 Å². The molecule has 1 aliphatic carbocycles. The van der Waals surface area contributed by atoms with Gasteiger partial charge in [0.2, 0.25) is 17.8 Å². The van der Waals surface area contributed by atoms with Gasteiger partial charge in [-0.1, -0.05) is 19.3 Å². The van der Waals surface area contributed by atoms with Crippen molar-refractivity contribution in [2.45, 2.75) is 44.9 Å². The molecule has 3 aliphatic heterocycles. The van der Waals surface area contributed by atoms with Crippen LogP contribution in [-0.4, -0.2) is 84.1 Å². The molecule has 0 aromatic carbocycles. The third-order valence-corrected chi connectivity index (χ3v) is 8.01. The monoisotopic (exact) mass is 441 g/mol. The molecule has 4 fully saturated rings. The maximum Gasteiger partial charge on any atom is 0.231 e. The number of hydrogen-bond donors (Lipinski definition) is 0. The van der Waals surface area contributed by atoms with Crippen molar-refractivity contribution < 1.29 is 14.3 Å². The van der Waals surface area contributed by atoms with Crippen molar-refractivity contribution in [1.29, 1.82) is 0 Å². The molecule has 0 spiro atoms. The Balaban J connectivity index is 1.41. The summed E-state index contributed by atoms with van der Waals surface area (Å²) in [6.07, 6.45) is 10.8. The summed E-state index contributed by atoms with van der Waals surface area (Å²) in [4.78, 5) is 42.5. The van der Waals surface area contributed by atoms with Crippen LogP contribution in [0.5, 0.6) is 0 Å². The molecule has 0 unspecified atom stereocenters. The summed E-state index contributed by atoms with van der Waals surface area (Å²) in [5, 5.41) is 0. The number of carbonyl (C=O) groups is 2. The highest BCUT2D eigenvalue weighted by molar-refractivity contribution is 5.85. The first kappa shape index (κ1) is 21.6. The van der Waals surface area contributed by atoms with Crippen molar-refractivity contribution in [2.24, 2.45) is 17.3 Å². The van der Waals surface area contributed by atoms with E-state index in [0.717, 1.165) is 45.1 Å². The minimum atomic E-state index is -0.488. The predicted octanol–water partition coefficient (Wildman–Crippen LogP) is 1.96. The Kier molecular flexibility index (Phi) is 6.31. The molecule has 4 heterocycles. The first-order chi connectivity index (χ1) is 15.7. The molecule has 1 aromatic heterocycles. The molecular formula is C24H35N5O3. The number of morpholine rings is 1. The summed E-state index contributed by atoms with van der Waals surface area (Å²) >= 11 is 0. The summed E-state index contributed by atoms with van der Waals surface area (Å²) in [6.45, 7) is 5.28. The summed E-state index contributed by atoms with van der Waals surface area (Å²) in [5.74, 6) is 1.49. The van der Waals surface area contributed by atoms with E-state index in [1.807, 2.05) is 11.0 Å². The van der Waals surface area contributed by atoms with E-state index in [4.69, 9.17) is 4.74 Å². The van der Waals surface area contributed by atoms with Gasteiger partial charge in [-0.25, -0.2) is 9.97 Å². The lowest BCUT2D eigenvalue weighted by molar-refractivity contribution is -0.148. The Morgan fingerprint density at radius 1 is 0.938 bits per heavy atom. The van der Waals surface area contributed by atoms with E-state index in [2.05, 4.69) is 19.8 Å². The SMILES string of the molecule is O=C(C1CCCCC1)N1CCC[C@@]2(C(=O)N3CCOCC3)CN(c3ncccn3)C[C@H]2C1. The summed E-state index contributed by atoms with van der Waals surface area (Å²) in [6, 6.07) is 1.82. The number of hydrogen-bond acceptors (Lipinski definition) is 6. The van der Waals surface area contributed by atoms with Crippen molar-refractivity contribution in [1.82, 2.24) is 19.8 Å². The number of anilines is 1. The average molecular weight is 442 g/mol. The highest BCUT2D eigenvalue weighted by Gasteiger charge is 2.55. The molecule has 8 nitrogen and oxygen atoms in total. The molecule has 32 heavy (non-hydrogen) atoms. The third kappa shape index (κ3) is 4.09. The molecule has 1 saturated carbocycles. The molecule has 0 bridgehead atoms. The van der Waals surface area contributed by atoms with Crippen LogP contribution in [0.3, 0.4) is 0 Å². The molecule has 8 heteroatoms. The molecule has 2 atom stereocenters. The number of aromatic nitrogens is 2. The third-order valence-electron chi connectivity index (χ3n) is 8.01. The number of carbonyl (C=O) groups excluding carboxylic acids is 2. The Bertz CT molecular complexity index is 809. The zero-order valence-electron chi connectivity index (χ0n) is 19.0. The second-order valence-corrected chi connectivity index (χ2v) is 9.91. The average Bonchev–Trinajstić information content (AvgIpc) is 3.13. The van der Waals surface area contributed by atoms with Crippen molar-refractivity contribution in [3.8, 4) is 0 Å². The topological polar surface area (TPSA) is 78.9 Å². The van der Waals surface area contributed by atoms with E-state index >= 15 is 0 Å². The van der Waals surface area contributed by atoms with Gasteiger partial charge in [-0.3, -0.25) is 9.59 Å². The van der Waals surface area contributed by atoms with Crippen molar-refractivity contribution in [3.05, 3.63) is 18.5 Å². The Hall–Kier alpha value is -2.22. The summed E-state index contributed by atoms with van der Waals surface area (Å²) in [7, 11) is 0. The van der Waals surface area contributed by atoms with E-state index in [1.165, 1.54) is 6.42 Å². The van der Waals surface area contributed by atoms with Gasteiger partial charge in [0.15, 0.2) is 0 Å². The zero-order valence-corrected chi connectivity index (χ0v) is 19.0. The maximum atomic E-state index is 14.0. The summed E-state index contributed by atoms with van der Waals surface area (Å²) in [5.41, 5.74) is -0.488. The Morgan fingerprint density at radius 2 is 1.69 bits per heavy atom. The van der Waals surface area contributed by atoms with Crippen LogP contribution in [0.15, 0.2) is 18.5 Å². The van der Waals surface area contributed by atoms with Crippen LogP contribution in [0.1, 0.15) is 44.9 Å². The van der Waals surface area contributed by atoms with Crippen LogP contribution in [0.4, 0.5) is 5.95 Å². The zero-order chi connectivity index (χ0) is 22.0. The lowest BCUT2D eigenvalue weighted by Crippen LogP contribution is -2.53. The van der Waals surface area contributed by atoms with Gasteiger partial charge >= 0.3 is 0 Å². The van der Waals surface area contributed by atoms with Gasteiger partial charge in [-0.15, -0.1) is 0 Å². The van der Waals surface area contributed by atoms with E-state index in [-0.39, 0.29) is 17.7 Å². The first-order valence-electron chi connectivity index (χ1n) is 12.4. The van der Waals surface area contributed by atoms with Gasteiger partial charge in [-0.2, -0.15) is 0 Å². The fraction of sp³-hybridized carbons (Fsp3) is 0.750. The quantitative estimate of drug-likeness (QED) is 0.714. The highest BCUT2D eigenvalue weighted by atomic mass is 16.5. The lowest BCUT2D eigenvalue weighted by Gasteiger charge is -2.39. The van der Waals surface area contributed by atoms with E-state index < -0.39 is 5.41 Å². The first-order valence-corrected chi connectivity index (χ1v) is 12.4. The number of fused-ring (bicyclic) bond motifs is 1. The predicted molar refractivity (Wildman–Crippen MR) is 120 cm³/mol. The largest absolute Gasteiger partial charge is 0.378 e. The maximum absolute atomic E-state index is 14.0.